The summed E-state index contributed by atoms with van der Waals surface area (Å²) in [7, 11) is 0. The number of rotatable bonds is 0. The van der Waals surface area contributed by atoms with Crippen molar-refractivity contribution in [3.8, 4) is 0 Å². The Morgan fingerprint density at radius 2 is 2.00 bits per heavy atom. The number of aryl methyl sites for hydroxylation is 1. The Morgan fingerprint density at radius 3 is 2.40 bits per heavy atom. The van der Waals surface area contributed by atoms with Gasteiger partial charge in [0.15, 0.2) is 0 Å². The normalized spacial score (nSPS) is 8.70. The monoisotopic (exact) mass is 208 g/mol. The average molecular weight is 210 g/mol. The minimum absolute atomic E-state index is 0. The van der Waals surface area contributed by atoms with E-state index in [1.807, 2.05) is 0 Å². The molecule has 0 unspecified atom stereocenters. The topological polar surface area (TPSA) is 0 Å². The zero-order valence-corrected chi connectivity index (χ0v) is 9.42. The van der Waals surface area contributed by atoms with E-state index < -0.39 is 0 Å². The van der Waals surface area contributed by atoms with E-state index in [4.69, 9.17) is 11.6 Å². The first-order valence-corrected chi connectivity index (χ1v) is 3.00. The van der Waals surface area contributed by atoms with Gasteiger partial charge in [0.2, 0.25) is 0 Å². The fraction of sp³-hybridized carbons (Fsp3) is 0.143. The van der Waals surface area contributed by atoms with E-state index in [9.17, 15) is 4.39 Å². The number of halogens is 2. The first-order valence-electron chi connectivity index (χ1n) is 2.62. The fourth-order valence-corrected chi connectivity index (χ4v) is 0.833. The number of benzene rings is 1. The van der Waals surface area contributed by atoms with Gasteiger partial charge in [0.25, 0.3) is 0 Å². The standard InChI is InChI=1S/C7H6ClF.Zn/c1-5-3-2-4-6(8)7(5)9;/h2-4H,1H3;. The molecule has 0 saturated heterocycles. The second-order valence-electron chi connectivity index (χ2n) is 1.87. The van der Waals surface area contributed by atoms with Crippen LogP contribution in [0.25, 0.3) is 0 Å². The third kappa shape index (κ3) is 2.03. The summed E-state index contributed by atoms with van der Waals surface area (Å²) >= 11 is 5.44. The maximum Gasteiger partial charge on any atom is 0.144 e. The second-order valence-corrected chi connectivity index (χ2v) is 2.28. The van der Waals surface area contributed by atoms with Crippen LogP contribution in [0.3, 0.4) is 0 Å². The molecule has 0 heterocycles. The Labute approximate surface area is 77.1 Å². The van der Waals surface area contributed by atoms with Gasteiger partial charge in [-0.05, 0) is 18.6 Å². The molecule has 0 bridgehead atoms. The van der Waals surface area contributed by atoms with Crippen molar-refractivity contribution < 1.29 is 23.9 Å². The maximum absolute atomic E-state index is 12.6. The number of hydrogen-bond donors (Lipinski definition) is 0. The van der Waals surface area contributed by atoms with Gasteiger partial charge >= 0.3 is 0 Å². The Balaban J connectivity index is 0.000000810. The van der Waals surface area contributed by atoms with Gasteiger partial charge in [0, 0.05) is 19.5 Å². The van der Waals surface area contributed by atoms with E-state index in [1.54, 1.807) is 19.1 Å². The smallest absolute Gasteiger partial charge is 0.144 e. The van der Waals surface area contributed by atoms with Gasteiger partial charge < -0.3 is 0 Å². The van der Waals surface area contributed by atoms with Crippen LogP contribution in [0.15, 0.2) is 18.2 Å². The van der Waals surface area contributed by atoms with Crippen molar-refractivity contribution in [1.29, 1.82) is 0 Å². The molecule has 0 radical (unpaired) electrons. The third-order valence-corrected chi connectivity index (χ3v) is 1.44. The SMILES string of the molecule is Cc1cccc(Cl)c1F.[Zn]. The van der Waals surface area contributed by atoms with Crippen molar-refractivity contribution in [2.45, 2.75) is 6.92 Å². The van der Waals surface area contributed by atoms with Crippen LogP contribution in [0.1, 0.15) is 5.56 Å². The zero-order valence-electron chi connectivity index (χ0n) is 5.70. The summed E-state index contributed by atoms with van der Waals surface area (Å²) in [6, 6.07) is 4.94. The molecule has 0 aliphatic carbocycles. The Kier molecular flexibility index (Phi) is 4.08. The molecule has 0 saturated carbocycles. The van der Waals surface area contributed by atoms with Crippen LogP contribution in [0.5, 0.6) is 0 Å². The van der Waals surface area contributed by atoms with Gasteiger partial charge in [-0.25, -0.2) is 4.39 Å². The molecule has 1 rings (SSSR count). The summed E-state index contributed by atoms with van der Waals surface area (Å²) in [6.45, 7) is 1.68. The predicted molar refractivity (Wildman–Crippen MR) is 36.1 cm³/mol. The van der Waals surface area contributed by atoms with Gasteiger partial charge in [0.05, 0.1) is 5.02 Å². The molecule has 0 N–H and O–H groups in total. The molecule has 0 amide bonds. The average Bonchev–Trinajstić information content (AvgIpc) is 1.83. The van der Waals surface area contributed by atoms with Gasteiger partial charge in [-0.15, -0.1) is 0 Å². The van der Waals surface area contributed by atoms with E-state index >= 15 is 0 Å². The van der Waals surface area contributed by atoms with Crippen LogP contribution in [0, 0.1) is 12.7 Å². The molecule has 1 aromatic rings. The quantitative estimate of drug-likeness (QED) is 0.577. The molecule has 0 spiro atoms. The van der Waals surface area contributed by atoms with Crippen LogP contribution in [0.2, 0.25) is 5.02 Å². The second kappa shape index (κ2) is 4.05. The summed E-state index contributed by atoms with van der Waals surface area (Å²) in [5, 5.41) is 0.190. The van der Waals surface area contributed by atoms with E-state index in [2.05, 4.69) is 0 Å². The van der Waals surface area contributed by atoms with Gasteiger partial charge in [-0.3, -0.25) is 0 Å². The molecule has 3 heteroatoms. The maximum atomic E-state index is 12.6. The zero-order chi connectivity index (χ0) is 6.85. The van der Waals surface area contributed by atoms with Crippen molar-refractivity contribution in [3.63, 3.8) is 0 Å². The minimum atomic E-state index is -0.320. The van der Waals surface area contributed by atoms with Crippen molar-refractivity contribution in [3.05, 3.63) is 34.6 Å². The van der Waals surface area contributed by atoms with Crippen molar-refractivity contribution in [1.82, 2.24) is 0 Å². The van der Waals surface area contributed by atoms with Crippen molar-refractivity contribution >= 4 is 11.6 Å². The molecular weight excluding hydrogens is 204 g/mol. The molecule has 0 aliphatic heterocycles. The van der Waals surface area contributed by atoms with Crippen LogP contribution in [0.4, 0.5) is 4.39 Å². The summed E-state index contributed by atoms with van der Waals surface area (Å²) in [6.07, 6.45) is 0. The fourth-order valence-electron chi connectivity index (χ4n) is 0.612. The van der Waals surface area contributed by atoms with Crippen LogP contribution in [-0.4, -0.2) is 0 Å². The Morgan fingerprint density at radius 1 is 1.40 bits per heavy atom. The molecule has 50 valence electrons. The first-order chi connectivity index (χ1) is 4.22. The molecule has 0 fully saturated rings. The summed E-state index contributed by atoms with van der Waals surface area (Å²) in [4.78, 5) is 0. The Bertz CT molecular complexity index is 205. The molecule has 1 aromatic carbocycles. The molecule has 10 heavy (non-hydrogen) atoms. The van der Waals surface area contributed by atoms with Gasteiger partial charge in [-0.1, -0.05) is 23.7 Å². The van der Waals surface area contributed by atoms with Crippen LogP contribution < -0.4 is 0 Å². The largest absolute Gasteiger partial charge is 0.205 e. The van der Waals surface area contributed by atoms with Crippen molar-refractivity contribution in [2.24, 2.45) is 0 Å². The van der Waals surface area contributed by atoms with E-state index in [1.165, 1.54) is 6.07 Å². The molecule has 0 aliphatic rings. The van der Waals surface area contributed by atoms with Crippen molar-refractivity contribution in [2.75, 3.05) is 0 Å². The van der Waals surface area contributed by atoms with Crippen LogP contribution in [-0.2, 0) is 19.5 Å². The summed E-state index contributed by atoms with van der Waals surface area (Å²) < 4.78 is 12.6. The van der Waals surface area contributed by atoms with Crippen LogP contribution >= 0.6 is 11.6 Å². The van der Waals surface area contributed by atoms with Gasteiger partial charge in [0.1, 0.15) is 5.82 Å². The molecule has 0 nitrogen and oxygen atoms in total. The molecule has 0 atom stereocenters. The van der Waals surface area contributed by atoms with E-state index in [-0.39, 0.29) is 30.3 Å². The molecule has 0 aromatic heterocycles. The summed E-state index contributed by atoms with van der Waals surface area (Å²) in [5.41, 5.74) is 0.586. The van der Waals surface area contributed by atoms with E-state index in [0.717, 1.165) is 0 Å². The minimum Gasteiger partial charge on any atom is -0.205 e. The third-order valence-electron chi connectivity index (χ3n) is 1.14. The first kappa shape index (κ1) is 10.1. The van der Waals surface area contributed by atoms with Gasteiger partial charge in [-0.2, -0.15) is 0 Å². The number of hydrogen-bond acceptors (Lipinski definition) is 0. The Hall–Kier alpha value is 0.0634. The molecular formula is C7H6ClFZn. The van der Waals surface area contributed by atoms with E-state index in [0.29, 0.717) is 5.56 Å². The predicted octanol–water partition coefficient (Wildman–Crippen LogP) is 2.79. The summed E-state index contributed by atoms with van der Waals surface area (Å²) in [5.74, 6) is -0.320.